The van der Waals surface area contributed by atoms with Crippen molar-refractivity contribution in [1.82, 2.24) is 30.1 Å². The van der Waals surface area contributed by atoms with Gasteiger partial charge in [0.25, 0.3) is 0 Å². The Bertz CT molecular complexity index is 1390. The summed E-state index contributed by atoms with van der Waals surface area (Å²) in [5.74, 6) is 3.08. The van der Waals surface area contributed by atoms with E-state index >= 15 is 0 Å². The topological polar surface area (TPSA) is 92.7 Å². The molecule has 9 heteroatoms. The Balaban J connectivity index is 1.17. The first kappa shape index (κ1) is 21.4. The molecule has 0 amide bonds. The predicted octanol–water partition coefficient (Wildman–Crippen LogP) is 4.29. The van der Waals surface area contributed by atoms with E-state index in [1.807, 2.05) is 12.1 Å². The van der Waals surface area contributed by atoms with Crippen LogP contribution in [-0.4, -0.2) is 50.3 Å². The van der Waals surface area contributed by atoms with E-state index in [-0.39, 0.29) is 5.82 Å². The van der Waals surface area contributed by atoms with Crippen LogP contribution < -0.4 is 9.64 Å². The third-order valence-corrected chi connectivity index (χ3v) is 6.72. The molecule has 1 fully saturated rings. The lowest BCUT2D eigenvalue weighted by Crippen LogP contribution is -2.34. The normalized spacial score (nSPS) is 15.7. The highest BCUT2D eigenvalue weighted by Gasteiger charge is 2.28. The molecule has 0 bridgehead atoms. The van der Waals surface area contributed by atoms with Crippen molar-refractivity contribution in [3.63, 3.8) is 0 Å². The fourth-order valence-corrected chi connectivity index (χ4v) is 4.82. The van der Waals surface area contributed by atoms with Crippen molar-refractivity contribution in [2.75, 3.05) is 25.1 Å². The van der Waals surface area contributed by atoms with Gasteiger partial charge in [-0.25, -0.2) is 24.3 Å². The second kappa shape index (κ2) is 8.90. The van der Waals surface area contributed by atoms with E-state index < -0.39 is 0 Å². The van der Waals surface area contributed by atoms with Crippen LogP contribution in [0.2, 0.25) is 0 Å². The largest absolute Gasteiger partial charge is 0.481 e. The van der Waals surface area contributed by atoms with Gasteiger partial charge in [0.05, 0.1) is 12.8 Å². The second-order valence-corrected chi connectivity index (χ2v) is 8.80. The molecule has 0 unspecified atom stereocenters. The van der Waals surface area contributed by atoms with Gasteiger partial charge in [0.15, 0.2) is 5.82 Å². The number of ether oxygens (including phenoxy) is 1. The van der Waals surface area contributed by atoms with Gasteiger partial charge in [-0.15, -0.1) is 0 Å². The van der Waals surface area contributed by atoms with E-state index in [0.29, 0.717) is 17.6 Å². The molecule has 2 aliphatic rings. The van der Waals surface area contributed by atoms with E-state index in [9.17, 15) is 4.39 Å². The van der Waals surface area contributed by atoms with Crippen LogP contribution in [0, 0.1) is 5.82 Å². The van der Waals surface area contributed by atoms with Crippen LogP contribution in [0.15, 0.2) is 48.9 Å². The Kier molecular flexibility index (Phi) is 5.44. The summed E-state index contributed by atoms with van der Waals surface area (Å²) in [6.07, 6.45) is 8.26. The zero-order valence-corrected chi connectivity index (χ0v) is 19.3. The third-order valence-electron chi connectivity index (χ3n) is 6.72. The summed E-state index contributed by atoms with van der Waals surface area (Å²) in [6.45, 7) is 1.74. The van der Waals surface area contributed by atoms with Crippen molar-refractivity contribution in [1.29, 1.82) is 0 Å². The highest BCUT2D eigenvalue weighted by Crippen LogP contribution is 2.37. The van der Waals surface area contributed by atoms with Crippen LogP contribution in [0.1, 0.15) is 41.4 Å². The van der Waals surface area contributed by atoms with E-state index in [0.717, 1.165) is 66.4 Å². The van der Waals surface area contributed by atoms with Gasteiger partial charge in [0, 0.05) is 48.8 Å². The minimum atomic E-state index is -0.268. The molecule has 6 rings (SSSR count). The Morgan fingerprint density at radius 1 is 1.03 bits per heavy atom. The number of halogens is 1. The molecule has 1 aliphatic carbocycles. The number of nitrogens with zero attached hydrogens (tertiary/aromatic N) is 6. The van der Waals surface area contributed by atoms with Crippen LogP contribution in [-0.2, 0) is 6.42 Å². The molecular formula is C26H24FN7O. The van der Waals surface area contributed by atoms with Gasteiger partial charge < -0.3 is 9.64 Å². The fourth-order valence-electron chi connectivity index (χ4n) is 4.82. The minimum absolute atomic E-state index is 0.268. The minimum Gasteiger partial charge on any atom is -0.481 e. The standard InChI is InChI=1S/C26H24FN7O/c1-35-23-14-18(6-9-28-23)19-12-21-22(13-19)29-15-30-26(21)34-10-7-17(8-11-34)25-31-24(32-33-25)16-2-4-20(27)5-3-16/h2-6,9,12,14-15,17H,7-8,10-11,13H2,1H3,(H,31,32,33). The molecular weight excluding hydrogens is 445 g/mol. The van der Waals surface area contributed by atoms with Crippen molar-refractivity contribution in [2.45, 2.75) is 25.2 Å². The van der Waals surface area contributed by atoms with Gasteiger partial charge in [-0.3, -0.25) is 5.10 Å². The summed E-state index contributed by atoms with van der Waals surface area (Å²) in [5, 5.41) is 7.45. The van der Waals surface area contributed by atoms with Gasteiger partial charge in [-0.2, -0.15) is 5.10 Å². The van der Waals surface area contributed by atoms with Crippen LogP contribution in [0.3, 0.4) is 0 Å². The number of piperidine rings is 1. The number of aromatic amines is 1. The predicted molar refractivity (Wildman–Crippen MR) is 130 cm³/mol. The molecule has 4 aromatic rings. The molecule has 1 saturated heterocycles. The molecule has 1 N–H and O–H groups in total. The molecule has 35 heavy (non-hydrogen) atoms. The second-order valence-electron chi connectivity index (χ2n) is 8.80. The molecule has 4 heterocycles. The average Bonchev–Trinajstić information content (AvgIpc) is 3.57. The summed E-state index contributed by atoms with van der Waals surface area (Å²) >= 11 is 0. The Morgan fingerprint density at radius 2 is 1.86 bits per heavy atom. The molecule has 0 atom stereocenters. The summed E-state index contributed by atoms with van der Waals surface area (Å²) in [7, 11) is 1.62. The highest BCUT2D eigenvalue weighted by molar-refractivity contribution is 5.91. The van der Waals surface area contributed by atoms with Gasteiger partial charge in [0.1, 0.15) is 23.8 Å². The molecule has 8 nitrogen and oxygen atoms in total. The van der Waals surface area contributed by atoms with Crippen LogP contribution in [0.25, 0.3) is 23.0 Å². The molecule has 3 aromatic heterocycles. The number of H-pyrrole nitrogens is 1. The summed E-state index contributed by atoms with van der Waals surface area (Å²) in [4.78, 5) is 20.4. The third kappa shape index (κ3) is 4.14. The first-order chi connectivity index (χ1) is 17.2. The van der Waals surface area contributed by atoms with Gasteiger partial charge in [-0.05, 0) is 60.4 Å². The van der Waals surface area contributed by atoms with Crippen molar-refractivity contribution < 1.29 is 9.13 Å². The molecule has 0 radical (unpaired) electrons. The number of fused-ring (bicyclic) bond motifs is 1. The van der Waals surface area contributed by atoms with Crippen LogP contribution in [0.4, 0.5) is 10.2 Å². The average molecular weight is 470 g/mol. The Hall–Kier alpha value is -4.14. The number of hydrogen-bond donors (Lipinski definition) is 1. The summed E-state index contributed by atoms with van der Waals surface area (Å²) < 4.78 is 18.5. The zero-order chi connectivity index (χ0) is 23.8. The number of allylic oxidation sites excluding steroid dienone is 1. The number of hydrogen-bond acceptors (Lipinski definition) is 7. The lowest BCUT2D eigenvalue weighted by Gasteiger charge is -2.32. The lowest BCUT2D eigenvalue weighted by molar-refractivity contribution is 0.398. The SMILES string of the molecule is COc1cc(C2=Cc3c(ncnc3N3CCC(c4nc(-c5ccc(F)cc5)n[nH]4)CC3)C2)ccn1. The van der Waals surface area contributed by atoms with E-state index in [4.69, 9.17) is 4.74 Å². The van der Waals surface area contributed by atoms with Gasteiger partial charge in [-0.1, -0.05) is 0 Å². The first-order valence-corrected chi connectivity index (χ1v) is 11.7. The maximum Gasteiger partial charge on any atom is 0.213 e. The van der Waals surface area contributed by atoms with Crippen molar-refractivity contribution in [2.24, 2.45) is 0 Å². The number of methoxy groups -OCH3 is 1. The molecule has 1 aromatic carbocycles. The highest BCUT2D eigenvalue weighted by atomic mass is 19.1. The van der Waals surface area contributed by atoms with E-state index in [1.54, 1.807) is 31.8 Å². The van der Waals surface area contributed by atoms with E-state index in [1.165, 1.54) is 17.7 Å². The quantitative estimate of drug-likeness (QED) is 0.466. The number of rotatable bonds is 5. The van der Waals surface area contributed by atoms with Crippen LogP contribution in [0.5, 0.6) is 5.88 Å². The number of anilines is 1. The molecule has 0 spiro atoms. The summed E-state index contributed by atoms with van der Waals surface area (Å²) in [5.41, 5.74) is 5.21. The molecule has 0 saturated carbocycles. The van der Waals surface area contributed by atoms with E-state index in [2.05, 4.69) is 41.1 Å². The maximum absolute atomic E-state index is 13.2. The maximum atomic E-state index is 13.2. The zero-order valence-electron chi connectivity index (χ0n) is 19.3. The Morgan fingerprint density at radius 3 is 2.66 bits per heavy atom. The number of benzene rings is 1. The molecule has 1 aliphatic heterocycles. The monoisotopic (exact) mass is 469 g/mol. The van der Waals surface area contributed by atoms with Crippen molar-refractivity contribution >= 4 is 17.5 Å². The van der Waals surface area contributed by atoms with Crippen LogP contribution >= 0.6 is 0 Å². The number of aromatic nitrogens is 6. The Labute approximate surface area is 202 Å². The smallest absolute Gasteiger partial charge is 0.213 e. The number of pyridine rings is 1. The van der Waals surface area contributed by atoms with Gasteiger partial charge >= 0.3 is 0 Å². The fraction of sp³-hybridized carbons (Fsp3) is 0.269. The van der Waals surface area contributed by atoms with Gasteiger partial charge in [0.2, 0.25) is 5.88 Å². The van der Waals surface area contributed by atoms with Crippen molar-refractivity contribution in [3.8, 4) is 17.3 Å². The first-order valence-electron chi connectivity index (χ1n) is 11.7. The molecule has 176 valence electrons. The summed E-state index contributed by atoms with van der Waals surface area (Å²) in [6, 6.07) is 10.2. The number of nitrogens with one attached hydrogen (secondary N) is 1. The van der Waals surface area contributed by atoms with Crippen molar-refractivity contribution in [3.05, 3.63) is 77.4 Å². The lowest BCUT2D eigenvalue weighted by atomic mass is 9.96.